The van der Waals surface area contributed by atoms with E-state index in [-0.39, 0.29) is 11.3 Å². The van der Waals surface area contributed by atoms with Gasteiger partial charge in [0.15, 0.2) is 0 Å². The Hall–Kier alpha value is -3.02. The maximum absolute atomic E-state index is 11.9. The molecule has 4 aromatic rings. The van der Waals surface area contributed by atoms with Gasteiger partial charge in [0.2, 0.25) is 0 Å². The molecule has 0 bridgehead atoms. The number of nitro groups is 1. The Morgan fingerprint density at radius 3 is 2.32 bits per heavy atom. The Labute approximate surface area is 141 Å². The molecule has 2 atom stereocenters. The van der Waals surface area contributed by atoms with Crippen LogP contribution in [0.4, 0.5) is 5.69 Å². The molecular weight excluding hydrogens is 318 g/mol. The second-order valence-corrected chi connectivity index (χ2v) is 6.39. The quantitative estimate of drug-likeness (QED) is 0.312. The molecule has 5 nitrogen and oxygen atoms in total. The summed E-state index contributed by atoms with van der Waals surface area (Å²) in [6.07, 6.45) is -2.53. The van der Waals surface area contributed by atoms with Crippen molar-refractivity contribution < 1.29 is 15.1 Å². The fraction of sp³-hybridized carbons (Fsp3) is 0.100. The first-order chi connectivity index (χ1) is 12.1. The summed E-state index contributed by atoms with van der Waals surface area (Å²) in [5.41, 5.74) is 0.680. The van der Waals surface area contributed by atoms with Crippen LogP contribution >= 0.6 is 0 Å². The molecule has 0 spiro atoms. The van der Waals surface area contributed by atoms with Crippen molar-refractivity contribution in [3.8, 4) is 0 Å². The summed E-state index contributed by atoms with van der Waals surface area (Å²) in [5, 5.41) is 37.6. The highest BCUT2D eigenvalue weighted by Gasteiger charge is 2.37. The van der Waals surface area contributed by atoms with Crippen molar-refractivity contribution in [1.29, 1.82) is 0 Å². The normalized spacial score (nSPS) is 19.1. The van der Waals surface area contributed by atoms with Crippen LogP contribution in [0.2, 0.25) is 0 Å². The molecule has 0 saturated heterocycles. The molecule has 5 rings (SSSR count). The first-order valence-corrected chi connectivity index (χ1v) is 8.00. The first-order valence-electron chi connectivity index (χ1n) is 8.00. The lowest BCUT2D eigenvalue weighted by atomic mass is 9.80. The maximum atomic E-state index is 11.9. The second kappa shape index (κ2) is 4.75. The van der Waals surface area contributed by atoms with Gasteiger partial charge in [0.1, 0.15) is 12.2 Å². The van der Waals surface area contributed by atoms with Crippen molar-refractivity contribution in [2.45, 2.75) is 12.2 Å². The van der Waals surface area contributed by atoms with Crippen LogP contribution in [0.15, 0.2) is 54.6 Å². The Kier molecular flexibility index (Phi) is 2.72. The van der Waals surface area contributed by atoms with Gasteiger partial charge in [-0.05, 0) is 33.2 Å². The highest BCUT2D eigenvalue weighted by Crippen LogP contribution is 2.51. The smallest absolute Gasteiger partial charge is 0.283 e. The molecule has 2 N–H and O–H groups in total. The predicted octanol–water partition coefficient (Wildman–Crippen LogP) is 4.13. The van der Waals surface area contributed by atoms with Crippen molar-refractivity contribution >= 4 is 38.0 Å². The lowest BCUT2D eigenvalue weighted by Crippen LogP contribution is -2.17. The monoisotopic (exact) mass is 331 g/mol. The van der Waals surface area contributed by atoms with Gasteiger partial charge in [-0.15, -0.1) is 0 Å². The van der Waals surface area contributed by atoms with Crippen molar-refractivity contribution in [3.05, 3.63) is 75.8 Å². The van der Waals surface area contributed by atoms with Crippen molar-refractivity contribution in [3.63, 3.8) is 0 Å². The molecular formula is C20H13NO4. The summed E-state index contributed by atoms with van der Waals surface area (Å²) in [7, 11) is 0. The van der Waals surface area contributed by atoms with Crippen molar-refractivity contribution in [2.24, 2.45) is 0 Å². The van der Waals surface area contributed by atoms with Gasteiger partial charge in [-0.2, -0.15) is 0 Å². The van der Waals surface area contributed by atoms with E-state index in [2.05, 4.69) is 0 Å². The standard InChI is InChI=1S/C20H13NO4/c22-19-14-7-3-4-10-8-9-12-11-5-1-2-6-13(11)18(21(24)25)17(20(19)23)16(12)15(10)14/h1-9,19-20,22-23H/t19-,20+/m1/s1. The van der Waals surface area contributed by atoms with E-state index >= 15 is 0 Å². The van der Waals surface area contributed by atoms with Crippen LogP contribution in [0.3, 0.4) is 0 Å². The lowest BCUT2D eigenvalue weighted by molar-refractivity contribution is -0.384. The molecule has 1 aliphatic rings. The molecule has 5 heteroatoms. The van der Waals surface area contributed by atoms with Crippen LogP contribution in [0.25, 0.3) is 32.3 Å². The summed E-state index contributed by atoms with van der Waals surface area (Å²) in [6, 6.07) is 16.5. The Morgan fingerprint density at radius 2 is 1.56 bits per heavy atom. The molecule has 4 aromatic carbocycles. The Morgan fingerprint density at radius 1 is 0.800 bits per heavy atom. The van der Waals surface area contributed by atoms with Gasteiger partial charge >= 0.3 is 0 Å². The van der Waals surface area contributed by atoms with Gasteiger partial charge < -0.3 is 10.2 Å². The van der Waals surface area contributed by atoms with Crippen LogP contribution in [0, 0.1) is 10.1 Å². The summed E-state index contributed by atoms with van der Waals surface area (Å²) < 4.78 is 0. The molecule has 122 valence electrons. The van der Waals surface area contributed by atoms with E-state index in [1.807, 2.05) is 36.4 Å². The molecule has 0 saturated carbocycles. The number of nitrogens with zero attached hydrogens (tertiary/aromatic N) is 1. The molecule has 25 heavy (non-hydrogen) atoms. The minimum absolute atomic E-state index is 0.128. The molecule has 0 amide bonds. The van der Waals surface area contributed by atoms with Gasteiger partial charge in [-0.1, -0.05) is 48.5 Å². The van der Waals surface area contributed by atoms with E-state index in [4.69, 9.17) is 0 Å². The van der Waals surface area contributed by atoms with Gasteiger partial charge in [0.25, 0.3) is 5.69 Å². The van der Waals surface area contributed by atoms with E-state index in [1.54, 1.807) is 18.2 Å². The Bertz CT molecular complexity index is 1210. The molecule has 0 fully saturated rings. The zero-order chi connectivity index (χ0) is 17.3. The summed E-state index contributed by atoms with van der Waals surface area (Å²) in [5.74, 6) is 0. The van der Waals surface area contributed by atoms with E-state index in [0.717, 1.165) is 21.5 Å². The number of nitro benzene ring substituents is 1. The molecule has 0 unspecified atom stereocenters. The fourth-order valence-corrected chi connectivity index (χ4v) is 4.16. The third-order valence-electron chi connectivity index (χ3n) is 5.17. The van der Waals surface area contributed by atoms with Crippen molar-refractivity contribution in [2.75, 3.05) is 0 Å². The van der Waals surface area contributed by atoms with Crippen LogP contribution in [-0.4, -0.2) is 15.1 Å². The first kappa shape index (κ1) is 14.3. The third-order valence-corrected chi connectivity index (χ3v) is 5.17. The lowest BCUT2D eigenvalue weighted by Gasteiger charge is -2.28. The SMILES string of the molecule is O=[N+]([O-])c1c2c3c(ccc4cccc(c43)[C@@H](O)[C@H]2O)c2ccccc12. The highest BCUT2D eigenvalue weighted by molar-refractivity contribution is 6.23. The molecule has 0 heterocycles. The predicted molar refractivity (Wildman–Crippen MR) is 95.5 cm³/mol. The van der Waals surface area contributed by atoms with Gasteiger partial charge in [-0.25, -0.2) is 0 Å². The number of rotatable bonds is 1. The summed E-state index contributed by atoms with van der Waals surface area (Å²) >= 11 is 0. The van der Waals surface area contributed by atoms with E-state index in [9.17, 15) is 20.3 Å². The number of hydrogen-bond acceptors (Lipinski definition) is 4. The highest BCUT2D eigenvalue weighted by atomic mass is 16.6. The molecule has 0 radical (unpaired) electrons. The Balaban J connectivity index is 2.20. The number of hydrogen-bond donors (Lipinski definition) is 2. The van der Waals surface area contributed by atoms with Gasteiger partial charge in [0.05, 0.1) is 15.9 Å². The van der Waals surface area contributed by atoms with Crippen LogP contribution < -0.4 is 0 Å². The van der Waals surface area contributed by atoms with E-state index in [0.29, 0.717) is 16.3 Å². The van der Waals surface area contributed by atoms with E-state index < -0.39 is 17.1 Å². The summed E-state index contributed by atoms with van der Waals surface area (Å²) in [4.78, 5) is 11.4. The van der Waals surface area contributed by atoms with Crippen molar-refractivity contribution in [1.82, 2.24) is 0 Å². The largest absolute Gasteiger partial charge is 0.385 e. The molecule has 1 aliphatic carbocycles. The topological polar surface area (TPSA) is 83.6 Å². The average molecular weight is 331 g/mol. The number of fused-ring (bicyclic) bond motifs is 2. The second-order valence-electron chi connectivity index (χ2n) is 6.39. The zero-order valence-electron chi connectivity index (χ0n) is 13.0. The van der Waals surface area contributed by atoms with Gasteiger partial charge in [-0.3, -0.25) is 10.1 Å². The van der Waals surface area contributed by atoms with Crippen LogP contribution in [0.5, 0.6) is 0 Å². The number of benzene rings is 4. The van der Waals surface area contributed by atoms with Crippen LogP contribution in [0.1, 0.15) is 23.3 Å². The third kappa shape index (κ3) is 1.68. The van der Waals surface area contributed by atoms with Gasteiger partial charge in [0, 0.05) is 5.39 Å². The minimum Gasteiger partial charge on any atom is -0.385 e. The zero-order valence-corrected chi connectivity index (χ0v) is 13.0. The maximum Gasteiger partial charge on any atom is 0.283 e. The van der Waals surface area contributed by atoms with E-state index in [1.165, 1.54) is 0 Å². The average Bonchev–Trinajstić information content (AvgIpc) is 2.63. The molecule has 0 aromatic heterocycles. The minimum atomic E-state index is -1.34. The molecule has 0 aliphatic heterocycles. The number of aliphatic hydroxyl groups is 2. The summed E-state index contributed by atoms with van der Waals surface area (Å²) in [6.45, 7) is 0. The fourth-order valence-electron chi connectivity index (χ4n) is 4.16. The van der Waals surface area contributed by atoms with Crippen LogP contribution in [-0.2, 0) is 0 Å². The number of aliphatic hydroxyl groups excluding tert-OH is 2.